The molecule has 110 valence electrons. The zero-order valence-corrected chi connectivity index (χ0v) is 14.3. The Morgan fingerprint density at radius 2 is 1.00 bits per heavy atom. The SMILES string of the molecule is Cc1c(C)c(C)c2nn(C(C)(C)C(C)(C)C)nc2c1C. The molecule has 0 aliphatic rings. The largest absolute Gasteiger partial charge is 0.178 e. The Bertz CT molecular complexity index is 625. The van der Waals surface area contributed by atoms with Gasteiger partial charge < -0.3 is 0 Å². The molecule has 0 aliphatic heterocycles. The molecular weight excluding hydrogens is 246 g/mol. The zero-order chi connectivity index (χ0) is 15.5. The fourth-order valence-corrected chi connectivity index (χ4v) is 2.28. The van der Waals surface area contributed by atoms with Crippen molar-refractivity contribution in [1.82, 2.24) is 15.0 Å². The first-order chi connectivity index (χ1) is 8.98. The van der Waals surface area contributed by atoms with Crippen molar-refractivity contribution in [3.63, 3.8) is 0 Å². The molecule has 1 aromatic carbocycles. The van der Waals surface area contributed by atoms with E-state index >= 15 is 0 Å². The summed E-state index contributed by atoms with van der Waals surface area (Å²) in [6.07, 6.45) is 0. The van der Waals surface area contributed by atoms with Crippen molar-refractivity contribution in [3.05, 3.63) is 22.3 Å². The summed E-state index contributed by atoms with van der Waals surface area (Å²) >= 11 is 0. The molecule has 3 heteroatoms. The highest BCUT2D eigenvalue weighted by molar-refractivity contribution is 5.83. The van der Waals surface area contributed by atoms with Crippen LogP contribution in [0.1, 0.15) is 56.9 Å². The molecule has 0 bridgehead atoms. The predicted molar refractivity (Wildman–Crippen MR) is 85.3 cm³/mol. The second-order valence-corrected chi connectivity index (χ2v) is 7.50. The van der Waals surface area contributed by atoms with E-state index in [1.165, 1.54) is 22.3 Å². The fraction of sp³-hybridized carbons (Fsp3) is 0.647. The lowest BCUT2D eigenvalue weighted by Crippen LogP contribution is -2.41. The van der Waals surface area contributed by atoms with Crippen LogP contribution in [0, 0.1) is 33.1 Å². The van der Waals surface area contributed by atoms with Gasteiger partial charge in [-0.15, -0.1) is 0 Å². The molecule has 1 heterocycles. The van der Waals surface area contributed by atoms with Crippen LogP contribution in [0.15, 0.2) is 0 Å². The van der Waals surface area contributed by atoms with Gasteiger partial charge in [-0.05, 0) is 69.2 Å². The first kappa shape index (κ1) is 15.0. The summed E-state index contributed by atoms with van der Waals surface area (Å²) in [5, 5.41) is 9.64. The Morgan fingerprint density at radius 1 is 0.650 bits per heavy atom. The number of rotatable bonds is 1. The van der Waals surface area contributed by atoms with Crippen molar-refractivity contribution >= 4 is 11.0 Å². The Balaban J connectivity index is 2.79. The van der Waals surface area contributed by atoms with Crippen LogP contribution in [0.25, 0.3) is 11.0 Å². The van der Waals surface area contributed by atoms with Crippen LogP contribution in [-0.2, 0) is 5.54 Å². The minimum Gasteiger partial charge on any atom is -0.178 e. The molecule has 2 rings (SSSR count). The molecule has 0 spiro atoms. The Labute approximate surface area is 122 Å². The number of aryl methyl sites for hydroxylation is 2. The monoisotopic (exact) mass is 273 g/mol. The van der Waals surface area contributed by atoms with Crippen LogP contribution in [0.5, 0.6) is 0 Å². The standard InChI is InChI=1S/C17H27N3/c1-10-11(2)13(4)15-14(12(10)3)18-20(19-15)17(8,9)16(5,6)7/h1-9H3. The molecule has 3 nitrogen and oxygen atoms in total. The van der Waals surface area contributed by atoms with Gasteiger partial charge in [-0.3, -0.25) is 0 Å². The van der Waals surface area contributed by atoms with Gasteiger partial charge in [0.15, 0.2) is 0 Å². The van der Waals surface area contributed by atoms with Crippen molar-refractivity contribution < 1.29 is 0 Å². The van der Waals surface area contributed by atoms with E-state index in [-0.39, 0.29) is 11.0 Å². The fourth-order valence-electron chi connectivity index (χ4n) is 2.28. The number of nitrogens with zero attached hydrogens (tertiary/aromatic N) is 3. The second kappa shape index (κ2) is 4.31. The van der Waals surface area contributed by atoms with E-state index in [0.29, 0.717) is 0 Å². The molecule has 0 aliphatic carbocycles. The van der Waals surface area contributed by atoms with Crippen molar-refractivity contribution in [2.75, 3.05) is 0 Å². The highest BCUT2D eigenvalue weighted by Gasteiger charge is 2.37. The smallest absolute Gasteiger partial charge is 0.116 e. The van der Waals surface area contributed by atoms with Gasteiger partial charge in [0.1, 0.15) is 11.0 Å². The molecule has 0 saturated carbocycles. The van der Waals surface area contributed by atoms with Crippen LogP contribution in [0.4, 0.5) is 0 Å². The van der Waals surface area contributed by atoms with Crippen molar-refractivity contribution in [2.45, 2.75) is 67.9 Å². The first-order valence-electron chi connectivity index (χ1n) is 7.32. The van der Waals surface area contributed by atoms with Crippen molar-refractivity contribution in [1.29, 1.82) is 0 Å². The minimum atomic E-state index is -0.132. The van der Waals surface area contributed by atoms with Gasteiger partial charge >= 0.3 is 0 Å². The van der Waals surface area contributed by atoms with E-state index in [1.807, 2.05) is 4.80 Å². The quantitative estimate of drug-likeness (QED) is 0.768. The van der Waals surface area contributed by atoms with Crippen LogP contribution in [0.3, 0.4) is 0 Å². The lowest BCUT2D eigenvalue weighted by molar-refractivity contribution is 0.107. The summed E-state index contributed by atoms with van der Waals surface area (Å²) in [7, 11) is 0. The Kier molecular flexibility index (Phi) is 3.23. The second-order valence-electron chi connectivity index (χ2n) is 7.50. The number of aromatic nitrogens is 3. The van der Waals surface area contributed by atoms with Crippen molar-refractivity contribution in [2.24, 2.45) is 5.41 Å². The number of hydrogen-bond donors (Lipinski definition) is 0. The van der Waals surface area contributed by atoms with Gasteiger partial charge in [-0.1, -0.05) is 20.8 Å². The van der Waals surface area contributed by atoms with Crippen molar-refractivity contribution in [3.8, 4) is 0 Å². The number of hydrogen-bond acceptors (Lipinski definition) is 2. The molecule has 0 unspecified atom stereocenters. The third-order valence-electron chi connectivity index (χ3n) is 5.35. The van der Waals surface area contributed by atoms with Crippen LogP contribution < -0.4 is 0 Å². The van der Waals surface area contributed by atoms with E-state index in [0.717, 1.165) is 11.0 Å². The van der Waals surface area contributed by atoms with Gasteiger partial charge in [0.05, 0.1) is 5.54 Å². The maximum absolute atomic E-state index is 4.82. The minimum absolute atomic E-state index is 0.0912. The molecule has 0 radical (unpaired) electrons. The maximum atomic E-state index is 4.82. The van der Waals surface area contributed by atoms with Crippen LogP contribution in [0.2, 0.25) is 0 Å². The Morgan fingerprint density at radius 3 is 1.30 bits per heavy atom. The highest BCUT2D eigenvalue weighted by Crippen LogP contribution is 2.36. The maximum Gasteiger partial charge on any atom is 0.116 e. The van der Waals surface area contributed by atoms with Gasteiger partial charge in [0, 0.05) is 0 Å². The molecule has 0 amide bonds. The molecule has 0 N–H and O–H groups in total. The summed E-state index contributed by atoms with van der Waals surface area (Å²) in [5.41, 5.74) is 7.20. The van der Waals surface area contributed by atoms with E-state index < -0.39 is 0 Å². The molecule has 2 aromatic rings. The predicted octanol–water partition coefficient (Wildman–Crippen LogP) is 4.45. The van der Waals surface area contributed by atoms with E-state index in [4.69, 9.17) is 10.2 Å². The average molecular weight is 273 g/mol. The molecule has 20 heavy (non-hydrogen) atoms. The molecule has 1 aromatic heterocycles. The third-order valence-corrected chi connectivity index (χ3v) is 5.35. The van der Waals surface area contributed by atoms with Crippen LogP contribution in [-0.4, -0.2) is 15.0 Å². The molecular formula is C17H27N3. The van der Waals surface area contributed by atoms with Gasteiger partial charge in [0.25, 0.3) is 0 Å². The topological polar surface area (TPSA) is 30.7 Å². The lowest BCUT2D eigenvalue weighted by Gasteiger charge is -2.37. The molecule has 0 saturated heterocycles. The lowest BCUT2D eigenvalue weighted by atomic mass is 9.77. The van der Waals surface area contributed by atoms with E-state index in [2.05, 4.69) is 62.3 Å². The van der Waals surface area contributed by atoms with Gasteiger partial charge in [-0.2, -0.15) is 15.0 Å². The summed E-state index contributed by atoms with van der Waals surface area (Å²) < 4.78 is 0. The summed E-state index contributed by atoms with van der Waals surface area (Å²) in [4.78, 5) is 1.91. The van der Waals surface area contributed by atoms with Gasteiger partial charge in [-0.25, -0.2) is 0 Å². The molecule has 0 fully saturated rings. The normalized spacial score (nSPS) is 13.2. The number of fused-ring (bicyclic) bond motifs is 1. The average Bonchev–Trinajstić information content (AvgIpc) is 2.78. The summed E-state index contributed by atoms with van der Waals surface area (Å²) in [6.45, 7) is 19.7. The zero-order valence-electron chi connectivity index (χ0n) is 14.3. The summed E-state index contributed by atoms with van der Waals surface area (Å²) in [6, 6.07) is 0. The first-order valence-corrected chi connectivity index (χ1v) is 7.32. The van der Waals surface area contributed by atoms with E-state index in [1.54, 1.807) is 0 Å². The highest BCUT2D eigenvalue weighted by atomic mass is 15.5. The third kappa shape index (κ3) is 1.95. The molecule has 0 atom stereocenters. The number of benzene rings is 1. The van der Waals surface area contributed by atoms with Gasteiger partial charge in [0.2, 0.25) is 0 Å². The van der Waals surface area contributed by atoms with E-state index in [9.17, 15) is 0 Å². The van der Waals surface area contributed by atoms with Crippen LogP contribution >= 0.6 is 0 Å². The Hall–Kier alpha value is -1.38. The summed E-state index contributed by atoms with van der Waals surface area (Å²) in [5.74, 6) is 0.